The number of hydrogen-bond donors (Lipinski definition) is 0. The van der Waals surface area contributed by atoms with E-state index in [9.17, 15) is 4.21 Å². The van der Waals surface area contributed by atoms with Crippen molar-refractivity contribution >= 4 is 18.9 Å². The normalized spacial score (nSPS) is 35.2. The minimum atomic E-state index is -1.10. The van der Waals surface area contributed by atoms with E-state index in [-0.39, 0.29) is 0 Å². The number of hydrogen-bond acceptors (Lipinski definition) is 1. The smallest absolute Gasteiger partial charge is 0.0636 e. The second-order valence-electron chi connectivity index (χ2n) is 4.80. The summed E-state index contributed by atoms with van der Waals surface area (Å²) in [4.78, 5) is 0.615. The summed E-state index contributed by atoms with van der Waals surface area (Å²) in [6, 6.07) is 0. The topological polar surface area (TPSA) is 17.1 Å². The molecule has 1 aliphatic heterocycles. The summed E-state index contributed by atoms with van der Waals surface area (Å²) >= 11 is 0. The average Bonchev–Trinajstić information content (AvgIpc) is 2.56. The SMILES string of the molecule is CCCC[C@H]1[C@@H]([Si](C)(C)C)S1=O. The molecule has 1 saturated heterocycles. The van der Waals surface area contributed by atoms with Crippen LogP contribution < -0.4 is 0 Å². The van der Waals surface area contributed by atoms with Gasteiger partial charge in [-0.1, -0.05) is 39.4 Å². The molecule has 0 N–H and O–H groups in total. The van der Waals surface area contributed by atoms with Crippen molar-refractivity contribution in [1.29, 1.82) is 0 Å². The predicted molar refractivity (Wildman–Crippen MR) is 58.6 cm³/mol. The molecule has 1 nitrogen and oxygen atoms in total. The number of unbranched alkanes of at least 4 members (excludes halogenated alkanes) is 1. The first-order valence-electron chi connectivity index (χ1n) is 4.88. The molecule has 72 valence electrons. The number of rotatable bonds is 4. The van der Waals surface area contributed by atoms with Gasteiger partial charge in [0.1, 0.15) is 0 Å². The lowest BCUT2D eigenvalue weighted by molar-refractivity contribution is 0.686. The summed E-state index contributed by atoms with van der Waals surface area (Å²) < 4.78 is 11.5. The quantitative estimate of drug-likeness (QED) is 0.508. The summed E-state index contributed by atoms with van der Waals surface area (Å²) in [5, 5.41) is 0.580. The van der Waals surface area contributed by atoms with Crippen LogP contribution in [0.5, 0.6) is 0 Å². The third kappa shape index (κ3) is 2.19. The van der Waals surface area contributed by atoms with Crippen molar-refractivity contribution in [2.24, 2.45) is 0 Å². The van der Waals surface area contributed by atoms with Gasteiger partial charge in [-0.15, -0.1) is 0 Å². The van der Waals surface area contributed by atoms with Gasteiger partial charge < -0.3 is 0 Å². The Kier molecular flexibility index (Phi) is 3.15. The predicted octanol–water partition coefficient (Wildman–Crippen LogP) is 2.55. The van der Waals surface area contributed by atoms with E-state index >= 15 is 0 Å². The van der Waals surface area contributed by atoms with Crippen LogP contribution in [0.4, 0.5) is 0 Å². The third-order valence-electron chi connectivity index (χ3n) is 2.51. The highest BCUT2D eigenvalue weighted by molar-refractivity contribution is 7.96. The molecule has 0 spiro atoms. The van der Waals surface area contributed by atoms with Crippen molar-refractivity contribution in [3.05, 3.63) is 0 Å². The molecule has 3 atom stereocenters. The van der Waals surface area contributed by atoms with E-state index in [1.165, 1.54) is 19.3 Å². The monoisotopic (exact) mass is 204 g/mol. The molecule has 0 aromatic carbocycles. The van der Waals surface area contributed by atoms with Crippen LogP contribution in [0.3, 0.4) is 0 Å². The molecular formula is C9H20OSSi. The second kappa shape index (κ2) is 3.62. The van der Waals surface area contributed by atoms with Crippen LogP contribution in [0.2, 0.25) is 19.6 Å². The molecule has 3 heteroatoms. The van der Waals surface area contributed by atoms with Gasteiger partial charge in [0.15, 0.2) is 0 Å². The van der Waals surface area contributed by atoms with E-state index in [4.69, 9.17) is 0 Å². The van der Waals surface area contributed by atoms with E-state index in [2.05, 4.69) is 26.6 Å². The highest BCUT2D eigenvalue weighted by Crippen LogP contribution is 2.38. The van der Waals surface area contributed by atoms with Crippen molar-refractivity contribution in [3.63, 3.8) is 0 Å². The standard InChI is InChI=1S/C9H20OSSi/c1-5-6-7-8-9(11(8)10)12(2,3)4/h8-9H,5-7H2,1-4H3/t8-,9+,11?/m0/s1. The maximum absolute atomic E-state index is 11.5. The Bertz CT molecular complexity index is 185. The maximum Gasteiger partial charge on any atom is 0.0636 e. The molecule has 1 aliphatic rings. The molecule has 1 rings (SSSR count). The van der Waals surface area contributed by atoms with Crippen LogP contribution in [0.1, 0.15) is 26.2 Å². The highest BCUT2D eigenvalue weighted by atomic mass is 32.2. The minimum absolute atomic E-state index is 0.446. The molecule has 1 unspecified atom stereocenters. The molecule has 1 fully saturated rings. The largest absolute Gasteiger partial charge is 0.259 e. The zero-order valence-electron chi connectivity index (χ0n) is 8.59. The maximum atomic E-state index is 11.5. The van der Waals surface area contributed by atoms with Crippen LogP contribution in [0, 0.1) is 0 Å². The van der Waals surface area contributed by atoms with E-state index in [0.29, 0.717) is 10.1 Å². The first kappa shape index (κ1) is 10.4. The van der Waals surface area contributed by atoms with Crippen molar-refractivity contribution in [2.45, 2.75) is 56.0 Å². The zero-order chi connectivity index (χ0) is 9.35. The lowest BCUT2D eigenvalue weighted by Gasteiger charge is -2.12. The summed E-state index contributed by atoms with van der Waals surface area (Å²) in [5.74, 6) is 0. The average molecular weight is 204 g/mol. The molecule has 1 heterocycles. The summed E-state index contributed by atoms with van der Waals surface area (Å²) in [6.07, 6.45) is 3.71. The highest BCUT2D eigenvalue weighted by Gasteiger charge is 2.54. The molecule has 0 saturated carbocycles. The summed E-state index contributed by atoms with van der Waals surface area (Å²) in [7, 11) is -1.55. The Labute approximate surface area is 79.4 Å². The third-order valence-corrected chi connectivity index (χ3v) is 9.29. The molecular weight excluding hydrogens is 184 g/mol. The Hall–Kier alpha value is 0.367. The first-order chi connectivity index (χ1) is 5.48. The van der Waals surface area contributed by atoms with Crippen LogP contribution in [-0.4, -0.2) is 22.4 Å². The molecule has 0 aromatic heterocycles. The van der Waals surface area contributed by atoms with Gasteiger partial charge in [-0.2, -0.15) is 0 Å². The van der Waals surface area contributed by atoms with Crippen LogP contribution in [0.25, 0.3) is 0 Å². The summed E-state index contributed by atoms with van der Waals surface area (Å²) in [5.41, 5.74) is 0. The molecule has 0 aliphatic carbocycles. The zero-order valence-corrected chi connectivity index (χ0v) is 10.4. The lowest BCUT2D eigenvalue weighted by Crippen LogP contribution is -2.30. The van der Waals surface area contributed by atoms with Gasteiger partial charge in [0.2, 0.25) is 0 Å². The fraction of sp³-hybridized carbons (Fsp3) is 1.00. The molecule has 0 radical (unpaired) electrons. The Morgan fingerprint density at radius 2 is 1.92 bits per heavy atom. The van der Waals surface area contributed by atoms with Crippen molar-refractivity contribution in [2.75, 3.05) is 0 Å². The van der Waals surface area contributed by atoms with Crippen molar-refractivity contribution in [3.8, 4) is 0 Å². The van der Waals surface area contributed by atoms with Gasteiger partial charge in [-0.05, 0) is 6.42 Å². The van der Waals surface area contributed by atoms with Crippen molar-refractivity contribution < 1.29 is 4.21 Å². The minimum Gasteiger partial charge on any atom is -0.259 e. The van der Waals surface area contributed by atoms with Crippen LogP contribution in [0.15, 0.2) is 0 Å². The summed E-state index contributed by atoms with van der Waals surface area (Å²) in [6.45, 7) is 9.21. The van der Waals surface area contributed by atoms with Gasteiger partial charge in [0.05, 0.1) is 8.07 Å². The van der Waals surface area contributed by atoms with Crippen LogP contribution in [-0.2, 0) is 10.8 Å². The second-order valence-corrected chi connectivity index (χ2v) is 12.3. The Balaban J connectivity index is 2.38. The molecule has 0 aromatic rings. The van der Waals surface area contributed by atoms with E-state index < -0.39 is 18.9 Å². The lowest BCUT2D eigenvalue weighted by atomic mass is 10.2. The Morgan fingerprint density at radius 3 is 2.25 bits per heavy atom. The fourth-order valence-electron chi connectivity index (χ4n) is 1.81. The fourth-order valence-corrected chi connectivity index (χ4v) is 8.93. The van der Waals surface area contributed by atoms with Crippen molar-refractivity contribution in [1.82, 2.24) is 0 Å². The molecule has 0 bridgehead atoms. The van der Waals surface area contributed by atoms with E-state index in [1.54, 1.807) is 0 Å². The van der Waals surface area contributed by atoms with Gasteiger partial charge in [0.25, 0.3) is 0 Å². The Morgan fingerprint density at radius 1 is 1.33 bits per heavy atom. The van der Waals surface area contributed by atoms with E-state index in [0.717, 1.165) is 0 Å². The molecule has 12 heavy (non-hydrogen) atoms. The van der Waals surface area contributed by atoms with Crippen LogP contribution >= 0.6 is 0 Å². The van der Waals surface area contributed by atoms with E-state index in [1.807, 2.05) is 0 Å². The van der Waals surface area contributed by atoms with Gasteiger partial charge >= 0.3 is 0 Å². The van der Waals surface area contributed by atoms with Gasteiger partial charge in [-0.25, -0.2) is 0 Å². The molecule has 0 amide bonds. The van der Waals surface area contributed by atoms with Gasteiger partial charge in [-0.3, -0.25) is 4.21 Å². The first-order valence-corrected chi connectivity index (χ1v) is 9.73. The van der Waals surface area contributed by atoms with Gasteiger partial charge in [0, 0.05) is 20.9 Å².